The second-order valence-corrected chi connectivity index (χ2v) is 4.13. The Bertz CT molecular complexity index is 220. The van der Waals surface area contributed by atoms with Gasteiger partial charge < -0.3 is 4.74 Å². The van der Waals surface area contributed by atoms with Crippen LogP contribution < -0.4 is 0 Å². The Balaban J connectivity index is 1.95. The Morgan fingerprint density at radius 1 is 1.64 bits per heavy atom. The van der Waals surface area contributed by atoms with Crippen LogP contribution in [0.5, 0.6) is 0 Å². The molecule has 1 saturated heterocycles. The van der Waals surface area contributed by atoms with E-state index in [1.807, 2.05) is 0 Å². The maximum atomic E-state index is 5.56. The van der Waals surface area contributed by atoms with Crippen LogP contribution in [0.1, 0.15) is 19.3 Å². The third-order valence-corrected chi connectivity index (χ3v) is 3.02. The van der Waals surface area contributed by atoms with Gasteiger partial charge in [0.25, 0.3) is 0 Å². The first-order valence-electron chi connectivity index (χ1n) is 4.00. The standard InChI is InChI=1S/C9H11IO/c10-7-3-6-9-5-2-1-4-8(9)11-9/h1-2,4H,3,5-7H2. The number of halogens is 1. The highest BCUT2D eigenvalue weighted by molar-refractivity contribution is 14.1. The van der Waals surface area contributed by atoms with Crippen molar-refractivity contribution in [3.8, 4) is 0 Å². The topological polar surface area (TPSA) is 12.5 Å². The summed E-state index contributed by atoms with van der Waals surface area (Å²) in [6.45, 7) is 0. The number of ether oxygens (including phenoxy) is 1. The number of hydrogen-bond acceptors (Lipinski definition) is 1. The molecule has 0 aromatic heterocycles. The lowest BCUT2D eigenvalue weighted by atomic mass is 9.95. The normalized spacial score (nSPS) is 32.3. The highest BCUT2D eigenvalue weighted by Crippen LogP contribution is 2.49. The Labute approximate surface area is 80.6 Å². The van der Waals surface area contributed by atoms with Crippen molar-refractivity contribution < 1.29 is 4.74 Å². The van der Waals surface area contributed by atoms with Crippen molar-refractivity contribution in [3.05, 3.63) is 24.0 Å². The highest BCUT2D eigenvalue weighted by atomic mass is 127. The third-order valence-electron chi connectivity index (χ3n) is 2.26. The summed E-state index contributed by atoms with van der Waals surface area (Å²) in [6.07, 6.45) is 9.94. The minimum Gasteiger partial charge on any atom is -0.479 e. The molecule has 1 aliphatic carbocycles. The molecule has 0 amide bonds. The van der Waals surface area contributed by atoms with Gasteiger partial charge in [-0.2, -0.15) is 0 Å². The molecule has 2 heteroatoms. The van der Waals surface area contributed by atoms with Gasteiger partial charge in [-0.3, -0.25) is 0 Å². The van der Waals surface area contributed by atoms with Crippen molar-refractivity contribution in [1.29, 1.82) is 0 Å². The molecule has 1 heterocycles. The predicted molar refractivity (Wildman–Crippen MR) is 53.8 cm³/mol. The Hall–Kier alpha value is 0.01000. The molecule has 1 atom stereocenters. The Morgan fingerprint density at radius 2 is 2.55 bits per heavy atom. The van der Waals surface area contributed by atoms with Crippen LogP contribution in [0.15, 0.2) is 24.0 Å². The maximum absolute atomic E-state index is 5.56. The zero-order chi connectivity index (χ0) is 7.73. The maximum Gasteiger partial charge on any atom is 0.169 e. The lowest BCUT2D eigenvalue weighted by Gasteiger charge is -2.06. The molecule has 1 aliphatic heterocycles. The molecule has 2 rings (SSSR count). The van der Waals surface area contributed by atoms with E-state index in [1.165, 1.54) is 23.0 Å². The average Bonchev–Trinajstić information content (AvgIpc) is 2.75. The second-order valence-electron chi connectivity index (χ2n) is 3.05. The number of hydrogen-bond donors (Lipinski definition) is 0. The van der Waals surface area contributed by atoms with Crippen molar-refractivity contribution in [2.45, 2.75) is 24.9 Å². The van der Waals surface area contributed by atoms with Crippen LogP contribution in [0, 0.1) is 0 Å². The minimum absolute atomic E-state index is 0.167. The zero-order valence-corrected chi connectivity index (χ0v) is 8.50. The first-order valence-corrected chi connectivity index (χ1v) is 5.52. The fourth-order valence-electron chi connectivity index (χ4n) is 1.56. The summed E-state index contributed by atoms with van der Waals surface area (Å²) >= 11 is 2.42. The third kappa shape index (κ3) is 1.33. The van der Waals surface area contributed by atoms with Crippen molar-refractivity contribution >= 4 is 22.6 Å². The van der Waals surface area contributed by atoms with E-state index in [-0.39, 0.29) is 5.60 Å². The first kappa shape index (κ1) is 7.65. The van der Waals surface area contributed by atoms with Crippen LogP contribution in [-0.4, -0.2) is 10.0 Å². The number of epoxide rings is 1. The van der Waals surface area contributed by atoms with E-state index >= 15 is 0 Å². The van der Waals surface area contributed by atoms with Gasteiger partial charge >= 0.3 is 0 Å². The summed E-state index contributed by atoms with van der Waals surface area (Å²) in [7, 11) is 0. The molecule has 0 spiro atoms. The average molecular weight is 262 g/mol. The molecule has 1 fully saturated rings. The van der Waals surface area contributed by atoms with Crippen molar-refractivity contribution in [2.75, 3.05) is 4.43 Å². The van der Waals surface area contributed by atoms with Crippen LogP contribution in [0.4, 0.5) is 0 Å². The molecule has 0 radical (unpaired) electrons. The molecule has 60 valence electrons. The summed E-state index contributed by atoms with van der Waals surface area (Å²) < 4.78 is 6.80. The van der Waals surface area contributed by atoms with E-state index in [2.05, 4.69) is 40.8 Å². The summed E-state index contributed by atoms with van der Waals surface area (Å²) in [5.74, 6) is 1.21. The Kier molecular flexibility index (Phi) is 1.95. The number of fused-ring (bicyclic) bond motifs is 1. The summed E-state index contributed by atoms with van der Waals surface area (Å²) in [5.41, 5.74) is 0.167. The van der Waals surface area contributed by atoms with Gasteiger partial charge in [-0.15, -0.1) is 0 Å². The van der Waals surface area contributed by atoms with Crippen LogP contribution >= 0.6 is 22.6 Å². The lowest BCUT2D eigenvalue weighted by Crippen LogP contribution is -2.09. The smallest absolute Gasteiger partial charge is 0.169 e. The van der Waals surface area contributed by atoms with Crippen molar-refractivity contribution in [3.63, 3.8) is 0 Å². The molecular formula is C9H11IO. The lowest BCUT2D eigenvalue weighted by molar-refractivity contribution is 0.295. The van der Waals surface area contributed by atoms with Gasteiger partial charge in [-0.05, 0) is 23.3 Å². The predicted octanol–water partition coefficient (Wildman–Crippen LogP) is 2.81. The number of alkyl halides is 1. The van der Waals surface area contributed by atoms with Crippen LogP contribution in [0.25, 0.3) is 0 Å². The largest absolute Gasteiger partial charge is 0.479 e. The van der Waals surface area contributed by atoms with E-state index in [4.69, 9.17) is 4.74 Å². The molecule has 0 aromatic rings. The molecule has 1 nitrogen and oxygen atoms in total. The highest BCUT2D eigenvalue weighted by Gasteiger charge is 2.51. The molecule has 2 aliphatic rings. The van der Waals surface area contributed by atoms with E-state index in [9.17, 15) is 0 Å². The molecule has 1 unspecified atom stereocenters. The fourth-order valence-corrected chi connectivity index (χ4v) is 1.94. The second kappa shape index (κ2) is 2.81. The molecule has 0 aromatic carbocycles. The van der Waals surface area contributed by atoms with Gasteiger partial charge in [-0.25, -0.2) is 0 Å². The summed E-state index contributed by atoms with van der Waals surface area (Å²) in [4.78, 5) is 0. The van der Waals surface area contributed by atoms with Gasteiger partial charge in [0, 0.05) is 6.42 Å². The van der Waals surface area contributed by atoms with Gasteiger partial charge in [0.1, 0.15) is 5.76 Å². The molecule has 0 saturated carbocycles. The van der Waals surface area contributed by atoms with Crippen LogP contribution in [0.3, 0.4) is 0 Å². The van der Waals surface area contributed by atoms with Crippen molar-refractivity contribution in [2.24, 2.45) is 0 Å². The van der Waals surface area contributed by atoms with Gasteiger partial charge in [0.2, 0.25) is 0 Å². The van der Waals surface area contributed by atoms with Crippen molar-refractivity contribution in [1.82, 2.24) is 0 Å². The fraction of sp³-hybridized carbons (Fsp3) is 0.556. The minimum atomic E-state index is 0.167. The number of allylic oxidation sites excluding steroid dienone is 2. The van der Waals surface area contributed by atoms with E-state index < -0.39 is 0 Å². The van der Waals surface area contributed by atoms with E-state index in [0.29, 0.717) is 0 Å². The SMILES string of the molecule is ICCCC12CC=CC=C1O2. The summed E-state index contributed by atoms with van der Waals surface area (Å²) in [5, 5.41) is 0. The molecular weight excluding hydrogens is 251 g/mol. The number of rotatable bonds is 3. The molecule has 11 heavy (non-hydrogen) atoms. The van der Waals surface area contributed by atoms with Gasteiger partial charge in [0.15, 0.2) is 5.60 Å². The van der Waals surface area contributed by atoms with Crippen LogP contribution in [0.2, 0.25) is 0 Å². The van der Waals surface area contributed by atoms with E-state index in [1.54, 1.807) is 0 Å². The zero-order valence-electron chi connectivity index (χ0n) is 6.35. The van der Waals surface area contributed by atoms with Gasteiger partial charge in [-0.1, -0.05) is 34.7 Å². The Morgan fingerprint density at radius 3 is 3.27 bits per heavy atom. The first-order chi connectivity index (χ1) is 5.37. The molecule has 0 N–H and O–H groups in total. The monoisotopic (exact) mass is 262 g/mol. The van der Waals surface area contributed by atoms with E-state index in [0.717, 1.165) is 6.42 Å². The van der Waals surface area contributed by atoms with Gasteiger partial charge in [0.05, 0.1) is 0 Å². The van der Waals surface area contributed by atoms with Crippen LogP contribution in [-0.2, 0) is 4.74 Å². The summed E-state index contributed by atoms with van der Waals surface area (Å²) in [6, 6.07) is 0. The molecule has 0 bridgehead atoms. The quantitative estimate of drug-likeness (QED) is 0.433.